The molecule has 4 rings (SSSR count). The SMILES string of the molecule is CN(c1ncc(-c2ccc(N)cc2O)nn1)C1C[C@]2(C)CC[C@](C)(C1)N2.N=CC=N. The Morgan fingerprint density at radius 3 is 2.30 bits per heavy atom. The molecule has 1 aromatic heterocycles. The topological polar surface area (TPSA) is 148 Å². The molecule has 2 aromatic rings. The van der Waals surface area contributed by atoms with Crippen molar-refractivity contribution >= 4 is 24.1 Å². The average molecular weight is 411 g/mol. The normalized spacial score (nSPS) is 27.0. The number of aromatic hydroxyl groups is 1. The molecule has 2 bridgehead atoms. The number of hydrogen-bond acceptors (Lipinski definition) is 9. The molecule has 1 unspecified atom stereocenters. The summed E-state index contributed by atoms with van der Waals surface area (Å²) in [4.78, 5) is 6.64. The first-order valence-electron chi connectivity index (χ1n) is 9.99. The summed E-state index contributed by atoms with van der Waals surface area (Å²) in [6.45, 7) is 4.62. The van der Waals surface area contributed by atoms with Crippen LogP contribution in [0.1, 0.15) is 39.5 Å². The van der Waals surface area contributed by atoms with E-state index in [1.807, 2.05) is 7.05 Å². The first kappa shape index (κ1) is 21.6. The fourth-order valence-electron chi connectivity index (χ4n) is 4.58. The van der Waals surface area contributed by atoms with Gasteiger partial charge < -0.3 is 31.9 Å². The first-order valence-corrected chi connectivity index (χ1v) is 9.99. The monoisotopic (exact) mass is 410 g/mol. The summed E-state index contributed by atoms with van der Waals surface area (Å²) in [5.41, 5.74) is 7.67. The van der Waals surface area contributed by atoms with Gasteiger partial charge in [-0.3, -0.25) is 0 Å². The van der Waals surface area contributed by atoms with Gasteiger partial charge in [-0.15, -0.1) is 10.2 Å². The Balaban J connectivity index is 0.000000589. The molecule has 2 saturated heterocycles. The van der Waals surface area contributed by atoms with Gasteiger partial charge in [0.15, 0.2) is 0 Å². The molecular formula is C21H30N8O. The molecule has 3 heterocycles. The number of nitrogen functional groups attached to an aromatic ring is 1. The first-order chi connectivity index (χ1) is 14.2. The van der Waals surface area contributed by atoms with E-state index in [-0.39, 0.29) is 16.8 Å². The van der Waals surface area contributed by atoms with Crippen LogP contribution in [0.3, 0.4) is 0 Å². The van der Waals surface area contributed by atoms with E-state index in [2.05, 4.69) is 39.2 Å². The summed E-state index contributed by atoms with van der Waals surface area (Å²) in [6.07, 6.45) is 8.06. The standard InChI is InChI=1S/C19H26N6O.C2H4N2/c1-18-6-7-19(2,24-18)10-13(9-18)25(3)17-21-11-15(22-23-17)14-5-4-12(20)8-16(14)26;3-1-2-4/h4-5,8,11,13,24,26H,6-7,9-10,20H2,1-3H3;1-4H/t13?,18-,19+;. The molecule has 1 aromatic carbocycles. The highest BCUT2D eigenvalue weighted by Crippen LogP contribution is 2.43. The maximum atomic E-state index is 10.1. The Morgan fingerprint density at radius 1 is 1.17 bits per heavy atom. The molecule has 9 heteroatoms. The maximum absolute atomic E-state index is 10.1. The van der Waals surface area contributed by atoms with Crippen molar-refractivity contribution in [3.05, 3.63) is 24.4 Å². The Hall–Kier alpha value is -3.07. The van der Waals surface area contributed by atoms with Crippen LogP contribution in [0.15, 0.2) is 24.4 Å². The number of anilines is 2. The zero-order valence-electron chi connectivity index (χ0n) is 17.7. The molecule has 160 valence electrons. The minimum absolute atomic E-state index is 0.0815. The molecule has 2 aliphatic heterocycles. The molecule has 30 heavy (non-hydrogen) atoms. The summed E-state index contributed by atoms with van der Waals surface area (Å²) in [7, 11) is 2.04. The van der Waals surface area contributed by atoms with Crippen LogP contribution in [0.4, 0.5) is 11.6 Å². The summed E-state index contributed by atoms with van der Waals surface area (Å²) in [6, 6.07) is 5.34. The van der Waals surface area contributed by atoms with Gasteiger partial charge in [-0.1, -0.05) is 0 Å². The number of phenols is 1. The molecule has 3 atom stereocenters. The summed E-state index contributed by atoms with van der Waals surface area (Å²) < 4.78 is 0. The lowest BCUT2D eigenvalue weighted by Crippen LogP contribution is -2.58. The van der Waals surface area contributed by atoms with Crippen molar-refractivity contribution in [2.75, 3.05) is 17.7 Å². The number of aromatic nitrogens is 3. The molecule has 0 spiro atoms. The molecule has 0 saturated carbocycles. The van der Waals surface area contributed by atoms with E-state index in [4.69, 9.17) is 16.6 Å². The number of nitrogens with two attached hydrogens (primary N) is 1. The number of hydrogen-bond donors (Lipinski definition) is 5. The summed E-state index contributed by atoms with van der Waals surface area (Å²) >= 11 is 0. The lowest BCUT2D eigenvalue weighted by atomic mass is 9.84. The van der Waals surface area contributed by atoms with Gasteiger partial charge in [0, 0.05) is 53.9 Å². The van der Waals surface area contributed by atoms with Crippen molar-refractivity contribution in [2.45, 2.75) is 56.7 Å². The van der Waals surface area contributed by atoms with Crippen LogP contribution in [0.25, 0.3) is 11.3 Å². The number of piperidine rings is 1. The Bertz CT molecular complexity index is 894. The van der Waals surface area contributed by atoms with Gasteiger partial charge in [-0.05, 0) is 51.7 Å². The Morgan fingerprint density at radius 2 is 1.80 bits per heavy atom. The molecule has 2 aliphatic rings. The smallest absolute Gasteiger partial charge is 0.245 e. The quantitative estimate of drug-likeness (QED) is 0.384. The van der Waals surface area contributed by atoms with Crippen molar-refractivity contribution < 1.29 is 5.11 Å². The molecule has 6 N–H and O–H groups in total. The van der Waals surface area contributed by atoms with Crippen molar-refractivity contribution in [1.82, 2.24) is 20.5 Å². The zero-order chi connectivity index (χ0) is 21.9. The second-order valence-corrected chi connectivity index (χ2v) is 8.67. The number of benzene rings is 1. The Labute approximate surface area is 176 Å². The molecule has 0 amide bonds. The van der Waals surface area contributed by atoms with Crippen molar-refractivity contribution in [2.24, 2.45) is 0 Å². The van der Waals surface area contributed by atoms with Crippen LogP contribution in [0.5, 0.6) is 5.75 Å². The predicted molar refractivity (Wildman–Crippen MR) is 120 cm³/mol. The van der Waals surface area contributed by atoms with Crippen molar-refractivity contribution in [1.29, 1.82) is 10.8 Å². The van der Waals surface area contributed by atoms with Gasteiger partial charge in [0.1, 0.15) is 11.4 Å². The lowest BCUT2D eigenvalue weighted by Gasteiger charge is -2.45. The molecule has 2 fully saturated rings. The van der Waals surface area contributed by atoms with Crippen LogP contribution in [-0.4, -0.2) is 56.9 Å². The third-order valence-electron chi connectivity index (χ3n) is 6.00. The van der Waals surface area contributed by atoms with E-state index in [0.29, 0.717) is 28.9 Å². The number of rotatable bonds is 4. The van der Waals surface area contributed by atoms with Crippen LogP contribution < -0.4 is 16.0 Å². The van der Waals surface area contributed by atoms with Gasteiger partial charge in [0.25, 0.3) is 0 Å². The molecule has 0 radical (unpaired) electrons. The largest absolute Gasteiger partial charge is 0.507 e. The van der Waals surface area contributed by atoms with Crippen LogP contribution in [0, 0.1) is 10.8 Å². The number of nitrogens with zero attached hydrogens (tertiary/aromatic N) is 4. The van der Waals surface area contributed by atoms with E-state index in [1.54, 1.807) is 18.3 Å². The van der Waals surface area contributed by atoms with E-state index in [0.717, 1.165) is 25.3 Å². The third-order valence-corrected chi connectivity index (χ3v) is 6.00. The fraction of sp³-hybridized carbons (Fsp3) is 0.476. The van der Waals surface area contributed by atoms with Gasteiger partial charge >= 0.3 is 0 Å². The van der Waals surface area contributed by atoms with E-state index in [9.17, 15) is 5.11 Å². The van der Waals surface area contributed by atoms with Crippen LogP contribution >= 0.6 is 0 Å². The third kappa shape index (κ3) is 4.56. The van der Waals surface area contributed by atoms with Gasteiger partial charge in [-0.25, -0.2) is 4.98 Å². The minimum atomic E-state index is 0.0815. The highest BCUT2D eigenvalue weighted by Gasteiger charge is 2.49. The van der Waals surface area contributed by atoms with Gasteiger partial charge in [0.05, 0.1) is 6.20 Å². The van der Waals surface area contributed by atoms with E-state index in [1.165, 1.54) is 18.9 Å². The number of fused-ring (bicyclic) bond motifs is 2. The zero-order valence-corrected chi connectivity index (χ0v) is 17.7. The van der Waals surface area contributed by atoms with Crippen molar-refractivity contribution in [3.8, 4) is 17.0 Å². The molecule has 0 aliphatic carbocycles. The van der Waals surface area contributed by atoms with E-state index >= 15 is 0 Å². The predicted octanol–water partition coefficient (Wildman–Crippen LogP) is 2.61. The summed E-state index contributed by atoms with van der Waals surface area (Å²) in [5.74, 6) is 0.695. The summed E-state index contributed by atoms with van der Waals surface area (Å²) in [5, 5.41) is 34.6. The van der Waals surface area contributed by atoms with Crippen LogP contribution in [0.2, 0.25) is 0 Å². The minimum Gasteiger partial charge on any atom is -0.507 e. The Kier molecular flexibility index (Phi) is 6.02. The molecule has 9 nitrogen and oxygen atoms in total. The fourth-order valence-corrected chi connectivity index (χ4v) is 4.58. The number of nitrogens with one attached hydrogen (secondary N) is 3. The second-order valence-electron chi connectivity index (χ2n) is 8.67. The van der Waals surface area contributed by atoms with Gasteiger partial charge in [0.2, 0.25) is 5.95 Å². The highest BCUT2D eigenvalue weighted by atomic mass is 16.3. The van der Waals surface area contributed by atoms with Gasteiger partial charge in [-0.2, -0.15) is 0 Å². The highest BCUT2D eigenvalue weighted by molar-refractivity contribution is 6.12. The lowest BCUT2D eigenvalue weighted by molar-refractivity contribution is 0.207. The number of phenolic OH excluding ortho intramolecular Hbond substituents is 1. The molecular weight excluding hydrogens is 380 g/mol. The average Bonchev–Trinajstić information content (AvgIpc) is 2.94. The van der Waals surface area contributed by atoms with Crippen molar-refractivity contribution in [3.63, 3.8) is 0 Å². The van der Waals surface area contributed by atoms with E-state index < -0.39 is 0 Å². The maximum Gasteiger partial charge on any atom is 0.245 e. The van der Waals surface area contributed by atoms with Crippen LogP contribution in [-0.2, 0) is 0 Å². The second kappa shape index (κ2) is 8.35.